The number of rotatable bonds is 6. The van der Waals surface area contributed by atoms with Crippen LogP contribution in [0.4, 0.5) is 0 Å². The Bertz CT molecular complexity index is 349. The van der Waals surface area contributed by atoms with Crippen LogP contribution in [0.3, 0.4) is 0 Å². The molecule has 6 nitrogen and oxygen atoms in total. The molecule has 0 heterocycles. The topological polar surface area (TPSA) is 73.7 Å². The maximum atomic E-state index is 9.89. The fourth-order valence-corrected chi connectivity index (χ4v) is 2.19. The first-order valence-corrected chi connectivity index (χ1v) is 8.15. The van der Waals surface area contributed by atoms with Crippen LogP contribution in [0.25, 0.3) is 5.09 Å². The number of hydrogen-bond donors (Lipinski definition) is 2. The third-order valence-electron chi connectivity index (χ3n) is 1.77. The summed E-state index contributed by atoms with van der Waals surface area (Å²) in [7, 11) is 2.24. The molecule has 0 aromatic heterocycles. The molecule has 0 fully saturated rings. The molecule has 1 aromatic rings. The first-order valence-electron chi connectivity index (χ1n) is 5.53. The summed E-state index contributed by atoms with van der Waals surface area (Å²) in [6.45, 7) is 2.01. The van der Waals surface area contributed by atoms with Gasteiger partial charge in [-0.3, -0.25) is 0 Å². The maximum absolute atomic E-state index is 9.89. The van der Waals surface area contributed by atoms with Crippen molar-refractivity contribution in [3.63, 3.8) is 0 Å². The van der Waals surface area contributed by atoms with Gasteiger partial charge in [-0.05, 0) is 5.56 Å². The van der Waals surface area contributed by atoms with Gasteiger partial charge in [-0.15, -0.1) is 0 Å². The molecule has 10 heteroatoms. The van der Waals surface area contributed by atoms with E-state index in [4.69, 9.17) is 9.05 Å². The van der Waals surface area contributed by atoms with E-state index in [1.54, 1.807) is 14.2 Å². The predicted octanol–water partition coefficient (Wildman–Crippen LogP) is -1.42. The summed E-state index contributed by atoms with van der Waals surface area (Å²) in [5.41, 5.74) is 3.51. The molecule has 1 rings (SSSR count). The summed E-state index contributed by atoms with van der Waals surface area (Å²) in [5, 5.41) is 3.94. The van der Waals surface area contributed by atoms with Crippen LogP contribution in [0, 0.1) is 0 Å². The van der Waals surface area contributed by atoms with Crippen LogP contribution in [0.2, 0.25) is 0 Å². The van der Waals surface area contributed by atoms with Gasteiger partial charge >= 0.3 is 104 Å². The molecule has 0 saturated carbocycles. The summed E-state index contributed by atoms with van der Waals surface area (Å²) in [6.07, 6.45) is 0. The zero-order chi connectivity index (χ0) is 14.5. The fraction of sp³-hybridized carbons (Fsp3) is 0.364. The van der Waals surface area contributed by atoms with Gasteiger partial charge in [-0.1, -0.05) is 30.3 Å². The van der Waals surface area contributed by atoms with Crippen LogP contribution in [-0.4, -0.2) is 38.9 Å². The Hall–Kier alpha value is 1.83. The van der Waals surface area contributed by atoms with E-state index >= 15 is 0 Å². The maximum Gasteiger partial charge on any atom is 1.00 e. The molecule has 0 aliphatic heterocycles. The average molecular weight is 461 g/mol. The van der Waals surface area contributed by atoms with Crippen LogP contribution < -0.4 is 67.7 Å². The van der Waals surface area contributed by atoms with Gasteiger partial charge in [0.1, 0.15) is 0 Å². The van der Waals surface area contributed by atoms with Gasteiger partial charge in [0, 0.05) is 7.11 Å². The quantitative estimate of drug-likeness (QED) is 0.310. The molecule has 113 valence electrons. The van der Waals surface area contributed by atoms with E-state index in [1.807, 2.05) is 30.3 Å². The molecule has 0 saturated heterocycles. The average Bonchev–Trinajstić information content (AvgIpc) is 2.41. The minimum atomic E-state index is -1.05. The predicted molar refractivity (Wildman–Crippen MR) is 89.6 cm³/mol. The van der Waals surface area contributed by atoms with E-state index in [0.717, 1.165) is 24.4 Å². The molecule has 0 spiro atoms. The first-order chi connectivity index (χ1) is 9.13. The minimum absolute atomic E-state index is 0. The van der Waals surface area contributed by atoms with Gasteiger partial charge < -0.3 is 14.1 Å². The van der Waals surface area contributed by atoms with Crippen LogP contribution in [0.1, 0.15) is 12.5 Å². The molecule has 2 N–H and O–H groups in total. The van der Waals surface area contributed by atoms with Crippen LogP contribution >= 0.6 is 18.4 Å². The van der Waals surface area contributed by atoms with Gasteiger partial charge in [0.25, 0.3) is 0 Å². The van der Waals surface area contributed by atoms with Gasteiger partial charge in [-0.25, -0.2) is 0 Å². The van der Waals surface area contributed by atoms with Crippen molar-refractivity contribution in [1.29, 1.82) is 0 Å². The summed E-state index contributed by atoms with van der Waals surface area (Å²) < 4.78 is 13.0. The second-order valence-electron chi connectivity index (χ2n) is 3.24. The molecule has 2 atom stereocenters. The Morgan fingerprint density at radius 3 is 2.29 bits per heavy atom. The number of carbonyl (C=O) groups excluding carboxylic acids is 1. The number of benzene rings is 1. The first kappa shape index (κ1) is 27.7. The van der Waals surface area contributed by atoms with Crippen LogP contribution in [0.5, 0.6) is 0 Å². The van der Waals surface area contributed by atoms with E-state index < -0.39 is 8.53 Å². The molecule has 0 aliphatic carbocycles. The molecule has 1 amide bonds. The third-order valence-corrected chi connectivity index (χ3v) is 3.13. The number of hydrazine groups is 1. The molecule has 0 bridgehead atoms. The summed E-state index contributed by atoms with van der Waals surface area (Å²) >= 11 is 0.888. The van der Waals surface area contributed by atoms with E-state index in [-0.39, 0.29) is 74.0 Å². The largest absolute Gasteiger partial charge is 1.00 e. The Morgan fingerprint density at radius 2 is 1.95 bits per heavy atom. The molecule has 0 aliphatic rings. The van der Waals surface area contributed by atoms with Crippen LogP contribution in [0.15, 0.2) is 30.3 Å². The van der Waals surface area contributed by atoms with Crippen LogP contribution in [-0.2, 0) is 20.4 Å². The minimum Gasteiger partial charge on any atom is -0.591 e. The number of hydrogen-bond acceptors (Lipinski definition) is 4. The van der Waals surface area contributed by atoms with Crippen molar-refractivity contribution in [2.24, 2.45) is 0 Å². The van der Waals surface area contributed by atoms with Crippen molar-refractivity contribution in [1.82, 2.24) is 9.56 Å². The number of amides is 1. The van der Waals surface area contributed by atoms with Crippen molar-refractivity contribution in [3.8, 4) is 0 Å². The monoisotopic (exact) mass is 460 g/mol. The Kier molecular flexibility index (Phi) is 26.2. The Balaban J connectivity index is -0.000000352. The molecular formula is C11H22GaN3O3P2Rb. The standard InChI is InChI=1S/C9H13NO2P.C2H5N2O.Ga.H3P.Rb.H/c1-10-13(11-2)12-8-9-6-4-3-5-7-9;1-2(5)4-3;;;;/h3-7H,8H2,1-2H3;3H,1H3,(H,4,5);;1H3;;/q2*-1;+1;;+1;. The van der Waals surface area contributed by atoms with Crippen molar-refractivity contribution in [2.45, 2.75) is 13.5 Å². The SMILES string of the molecule is CC(=O)N[NH][GaH].C[N-]P(OC)OCc1ccccc1.P.[Rb+]. The van der Waals surface area contributed by atoms with Crippen molar-refractivity contribution >= 4 is 43.2 Å². The van der Waals surface area contributed by atoms with Gasteiger partial charge in [0.05, 0.1) is 15.1 Å². The fourth-order valence-electron chi connectivity index (χ4n) is 1.02. The second-order valence-corrected chi connectivity index (χ2v) is 5.48. The van der Waals surface area contributed by atoms with Crippen molar-refractivity contribution < 1.29 is 72.0 Å². The molecule has 2 unspecified atom stereocenters. The summed E-state index contributed by atoms with van der Waals surface area (Å²) in [5.74, 6) is -0.0405. The molecule has 21 heavy (non-hydrogen) atoms. The van der Waals surface area contributed by atoms with Gasteiger partial charge in [-0.2, -0.15) is 16.9 Å². The number of carbonyl (C=O) groups is 1. The van der Waals surface area contributed by atoms with Gasteiger partial charge in [0.15, 0.2) is 0 Å². The Labute approximate surface area is 190 Å². The van der Waals surface area contributed by atoms with E-state index in [1.165, 1.54) is 6.92 Å². The number of nitrogens with zero attached hydrogens (tertiary/aromatic N) is 1. The van der Waals surface area contributed by atoms with E-state index in [9.17, 15) is 4.79 Å². The zero-order valence-corrected chi connectivity index (χ0v) is 23.3. The summed E-state index contributed by atoms with van der Waals surface area (Å²) in [4.78, 5) is 9.89. The van der Waals surface area contributed by atoms with E-state index in [0.29, 0.717) is 6.61 Å². The number of nitrogens with one attached hydrogen (secondary N) is 2. The van der Waals surface area contributed by atoms with Gasteiger partial charge in [0.2, 0.25) is 0 Å². The molecular weight excluding hydrogens is 439 g/mol. The zero-order valence-electron chi connectivity index (χ0n) is 13.1. The Morgan fingerprint density at radius 1 is 1.38 bits per heavy atom. The molecule has 1 aromatic carbocycles. The smallest absolute Gasteiger partial charge is 0.591 e. The third kappa shape index (κ3) is 18.0. The van der Waals surface area contributed by atoms with E-state index in [2.05, 4.69) is 14.6 Å². The van der Waals surface area contributed by atoms with Crippen molar-refractivity contribution in [3.05, 3.63) is 41.0 Å². The molecule has 1 radical (unpaired) electrons. The normalized spacial score (nSPS) is 10.0. The summed E-state index contributed by atoms with van der Waals surface area (Å²) in [6, 6.07) is 9.97. The van der Waals surface area contributed by atoms with Crippen molar-refractivity contribution in [2.75, 3.05) is 14.2 Å². The second kappa shape index (κ2) is 19.9.